The SMILES string of the molecule is CC1(C)CC=C(c2cc(C(C)(C)N3CCSCC3)ccc2N)CC1. The maximum absolute atomic E-state index is 6.35. The van der Waals surface area contributed by atoms with Crippen molar-refractivity contribution in [3.05, 3.63) is 35.4 Å². The van der Waals surface area contributed by atoms with Gasteiger partial charge in [0.25, 0.3) is 0 Å². The number of anilines is 1. The van der Waals surface area contributed by atoms with Crippen molar-refractivity contribution >= 4 is 23.0 Å². The summed E-state index contributed by atoms with van der Waals surface area (Å²) >= 11 is 2.07. The van der Waals surface area contributed by atoms with E-state index in [-0.39, 0.29) is 5.54 Å². The predicted octanol–water partition coefficient (Wildman–Crippen LogP) is 5.15. The number of nitrogen functional groups attached to an aromatic ring is 1. The Hall–Kier alpha value is -0.930. The van der Waals surface area contributed by atoms with Gasteiger partial charge in [0.05, 0.1) is 0 Å². The smallest absolute Gasteiger partial charge is 0.0405 e. The van der Waals surface area contributed by atoms with E-state index in [2.05, 4.69) is 68.6 Å². The van der Waals surface area contributed by atoms with Crippen molar-refractivity contribution in [3.63, 3.8) is 0 Å². The lowest BCUT2D eigenvalue weighted by atomic mass is 9.76. The number of allylic oxidation sites excluding steroid dienone is 2. The molecule has 132 valence electrons. The van der Waals surface area contributed by atoms with Crippen LogP contribution in [0, 0.1) is 5.41 Å². The van der Waals surface area contributed by atoms with Crippen LogP contribution in [0.5, 0.6) is 0 Å². The largest absolute Gasteiger partial charge is 0.398 e. The zero-order valence-electron chi connectivity index (χ0n) is 15.7. The minimum atomic E-state index is 0.0674. The van der Waals surface area contributed by atoms with Gasteiger partial charge in [0, 0.05) is 41.4 Å². The second-order valence-electron chi connectivity index (χ2n) is 8.56. The highest BCUT2D eigenvalue weighted by atomic mass is 32.2. The molecule has 2 N–H and O–H groups in total. The number of rotatable bonds is 3. The maximum atomic E-state index is 6.35. The van der Waals surface area contributed by atoms with Crippen LogP contribution in [0.2, 0.25) is 0 Å². The van der Waals surface area contributed by atoms with E-state index >= 15 is 0 Å². The van der Waals surface area contributed by atoms with Crippen molar-refractivity contribution in [2.45, 2.75) is 52.5 Å². The fourth-order valence-corrected chi connectivity index (χ4v) is 4.74. The summed E-state index contributed by atoms with van der Waals surface area (Å²) < 4.78 is 0. The van der Waals surface area contributed by atoms with Crippen LogP contribution in [-0.4, -0.2) is 29.5 Å². The predicted molar refractivity (Wildman–Crippen MR) is 108 cm³/mol. The Morgan fingerprint density at radius 3 is 2.50 bits per heavy atom. The lowest BCUT2D eigenvalue weighted by Gasteiger charge is -2.41. The van der Waals surface area contributed by atoms with E-state index in [0.29, 0.717) is 5.41 Å². The number of hydrogen-bond acceptors (Lipinski definition) is 3. The number of thioether (sulfide) groups is 1. The molecule has 24 heavy (non-hydrogen) atoms. The normalized spacial score (nSPS) is 22.2. The molecule has 0 amide bonds. The minimum absolute atomic E-state index is 0.0674. The molecule has 1 aromatic carbocycles. The molecule has 1 saturated heterocycles. The van der Waals surface area contributed by atoms with Crippen molar-refractivity contribution in [2.75, 3.05) is 30.3 Å². The van der Waals surface area contributed by atoms with Crippen LogP contribution in [-0.2, 0) is 5.54 Å². The third-order valence-corrected chi connectivity index (χ3v) is 6.82. The van der Waals surface area contributed by atoms with E-state index in [9.17, 15) is 0 Å². The van der Waals surface area contributed by atoms with Crippen LogP contribution >= 0.6 is 11.8 Å². The molecule has 2 aliphatic rings. The molecular formula is C21H32N2S. The Kier molecular flexibility index (Phi) is 5.04. The number of nitrogens with zero attached hydrogens (tertiary/aromatic N) is 1. The fraction of sp³-hybridized carbons (Fsp3) is 0.619. The average Bonchev–Trinajstić information content (AvgIpc) is 2.56. The number of hydrogen-bond donors (Lipinski definition) is 1. The summed E-state index contributed by atoms with van der Waals surface area (Å²) in [5.41, 5.74) is 11.9. The summed E-state index contributed by atoms with van der Waals surface area (Å²) in [6.45, 7) is 11.8. The van der Waals surface area contributed by atoms with Gasteiger partial charge >= 0.3 is 0 Å². The first kappa shape index (κ1) is 17.9. The standard InChI is InChI=1S/C21H32N2S/c1-20(2)9-7-16(8-10-20)18-15-17(5-6-19(18)22)21(3,4)23-11-13-24-14-12-23/h5-7,15H,8-14,22H2,1-4H3. The molecule has 0 bridgehead atoms. The first-order valence-corrected chi connectivity index (χ1v) is 10.4. The van der Waals surface area contributed by atoms with Crippen LogP contribution in [0.4, 0.5) is 5.69 Å². The molecule has 0 radical (unpaired) electrons. The van der Waals surface area contributed by atoms with Gasteiger partial charge in [-0.3, -0.25) is 4.90 Å². The molecule has 0 saturated carbocycles. The highest BCUT2D eigenvalue weighted by Crippen LogP contribution is 2.41. The Bertz CT molecular complexity index is 625. The highest BCUT2D eigenvalue weighted by Gasteiger charge is 2.31. The van der Waals surface area contributed by atoms with E-state index in [1.807, 2.05) is 0 Å². The summed E-state index contributed by atoms with van der Waals surface area (Å²) in [4.78, 5) is 2.62. The summed E-state index contributed by atoms with van der Waals surface area (Å²) in [6, 6.07) is 6.71. The van der Waals surface area contributed by atoms with Crippen LogP contribution < -0.4 is 5.73 Å². The van der Waals surface area contributed by atoms with Crippen molar-refractivity contribution in [3.8, 4) is 0 Å². The van der Waals surface area contributed by atoms with Crippen LogP contribution in [0.25, 0.3) is 5.57 Å². The molecule has 0 spiro atoms. The van der Waals surface area contributed by atoms with Crippen molar-refractivity contribution in [1.29, 1.82) is 0 Å². The summed E-state index contributed by atoms with van der Waals surface area (Å²) in [7, 11) is 0. The molecule has 0 atom stereocenters. The number of benzene rings is 1. The van der Waals surface area contributed by atoms with Gasteiger partial charge in [-0.1, -0.05) is 26.0 Å². The Morgan fingerprint density at radius 1 is 1.17 bits per heavy atom. The fourth-order valence-electron chi connectivity index (χ4n) is 3.84. The van der Waals surface area contributed by atoms with E-state index in [0.717, 1.165) is 18.5 Å². The van der Waals surface area contributed by atoms with Gasteiger partial charge in [-0.2, -0.15) is 11.8 Å². The minimum Gasteiger partial charge on any atom is -0.398 e. The van der Waals surface area contributed by atoms with Crippen molar-refractivity contribution < 1.29 is 0 Å². The van der Waals surface area contributed by atoms with Crippen LogP contribution in [0.3, 0.4) is 0 Å². The lowest BCUT2D eigenvalue weighted by molar-refractivity contribution is 0.134. The molecular weight excluding hydrogens is 312 g/mol. The van der Waals surface area contributed by atoms with Crippen molar-refractivity contribution in [1.82, 2.24) is 4.90 Å². The zero-order chi connectivity index (χ0) is 17.4. The van der Waals surface area contributed by atoms with Gasteiger partial charge in [-0.25, -0.2) is 0 Å². The third-order valence-electron chi connectivity index (χ3n) is 5.88. The highest BCUT2D eigenvalue weighted by molar-refractivity contribution is 7.99. The summed E-state index contributed by atoms with van der Waals surface area (Å²) in [5.74, 6) is 2.48. The summed E-state index contributed by atoms with van der Waals surface area (Å²) in [6.07, 6.45) is 5.96. The molecule has 3 heteroatoms. The molecule has 1 heterocycles. The van der Waals surface area contributed by atoms with Crippen LogP contribution in [0.15, 0.2) is 24.3 Å². The van der Waals surface area contributed by atoms with Crippen molar-refractivity contribution in [2.24, 2.45) is 5.41 Å². The lowest BCUT2D eigenvalue weighted by Crippen LogP contribution is -2.46. The molecule has 1 aliphatic carbocycles. The molecule has 3 rings (SSSR count). The monoisotopic (exact) mass is 344 g/mol. The summed E-state index contributed by atoms with van der Waals surface area (Å²) in [5, 5.41) is 0. The van der Waals surface area contributed by atoms with Gasteiger partial charge in [0.2, 0.25) is 0 Å². The topological polar surface area (TPSA) is 29.3 Å². The first-order chi connectivity index (χ1) is 11.3. The zero-order valence-corrected chi connectivity index (χ0v) is 16.5. The molecule has 0 unspecified atom stereocenters. The van der Waals surface area contributed by atoms with Gasteiger partial charge < -0.3 is 5.73 Å². The molecule has 1 aliphatic heterocycles. The van der Waals surface area contributed by atoms with E-state index in [1.165, 1.54) is 47.7 Å². The first-order valence-electron chi connectivity index (χ1n) is 9.22. The van der Waals surface area contributed by atoms with Gasteiger partial charge in [-0.05, 0) is 61.8 Å². The van der Waals surface area contributed by atoms with E-state index < -0.39 is 0 Å². The molecule has 0 aromatic heterocycles. The quantitative estimate of drug-likeness (QED) is 0.769. The van der Waals surface area contributed by atoms with Gasteiger partial charge in [-0.15, -0.1) is 0 Å². The molecule has 2 nitrogen and oxygen atoms in total. The maximum Gasteiger partial charge on any atom is 0.0405 e. The van der Waals surface area contributed by atoms with Gasteiger partial charge in [0.1, 0.15) is 0 Å². The van der Waals surface area contributed by atoms with E-state index in [1.54, 1.807) is 0 Å². The Balaban J connectivity index is 1.90. The van der Waals surface area contributed by atoms with Crippen LogP contribution in [0.1, 0.15) is 58.1 Å². The molecule has 1 aromatic rings. The van der Waals surface area contributed by atoms with Gasteiger partial charge in [0.15, 0.2) is 0 Å². The second-order valence-corrected chi connectivity index (χ2v) is 9.78. The van der Waals surface area contributed by atoms with E-state index in [4.69, 9.17) is 5.73 Å². The number of nitrogens with two attached hydrogens (primary N) is 1. The molecule has 1 fully saturated rings. The Labute approximate surface area is 151 Å². The second kappa shape index (κ2) is 6.76. The Morgan fingerprint density at radius 2 is 1.88 bits per heavy atom. The third kappa shape index (κ3) is 3.67. The average molecular weight is 345 g/mol.